The van der Waals surface area contributed by atoms with Crippen molar-refractivity contribution >= 4 is 0 Å². The summed E-state index contributed by atoms with van der Waals surface area (Å²) in [7, 11) is 0. The molecule has 0 amide bonds. The van der Waals surface area contributed by atoms with Gasteiger partial charge in [-0.2, -0.15) is 0 Å². The first-order chi connectivity index (χ1) is 10.6. The van der Waals surface area contributed by atoms with Gasteiger partial charge in [0.1, 0.15) is 11.5 Å². The summed E-state index contributed by atoms with van der Waals surface area (Å²) in [6, 6.07) is 16.2. The number of rotatable bonds is 4. The minimum atomic E-state index is 0.361. The van der Waals surface area contributed by atoms with Crippen molar-refractivity contribution in [2.75, 3.05) is 0 Å². The molecule has 1 heteroatoms. The molecule has 0 N–H and O–H groups in total. The molecule has 0 bridgehead atoms. The standard InChI is InChI=1S/C21H24O/c1-5-6-10-16(2)18(4)21-14-13-20(15-17(21)3)22-19-11-8-7-9-12-19/h7-9,11-16,18H,5H2,1-4H3. The summed E-state index contributed by atoms with van der Waals surface area (Å²) in [4.78, 5) is 0. The predicted octanol–water partition coefficient (Wildman–Crippen LogP) is 5.94. The number of hydrogen-bond donors (Lipinski definition) is 0. The third-order valence-electron chi connectivity index (χ3n) is 3.97. The van der Waals surface area contributed by atoms with Gasteiger partial charge in [-0.05, 0) is 48.2 Å². The molecule has 0 heterocycles. The summed E-state index contributed by atoms with van der Waals surface area (Å²) in [6.07, 6.45) is 0.917. The lowest BCUT2D eigenvalue weighted by Crippen LogP contribution is -2.06. The fourth-order valence-corrected chi connectivity index (χ4v) is 2.50. The van der Waals surface area contributed by atoms with E-state index in [1.54, 1.807) is 0 Å². The van der Waals surface area contributed by atoms with Gasteiger partial charge >= 0.3 is 0 Å². The van der Waals surface area contributed by atoms with Crippen LogP contribution in [0.2, 0.25) is 0 Å². The van der Waals surface area contributed by atoms with Gasteiger partial charge in [0, 0.05) is 12.3 Å². The Bertz CT molecular complexity index is 661. The van der Waals surface area contributed by atoms with E-state index in [2.05, 4.69) is 51.7 Å². The van der Waals surface area contributed by atoms with Crippen LogP contribution >= 0.6 is 0 Å². The number of benzene rings is 2. The molecule has 0 aliphatic carbocycles. The van der Waals surface area contributed by atoms with Gasteiger partial charge in [-0.3, -0.25) is 0 Å². The summed E-state index contributed by atoms with van der Waals surface area (Å²) in [5, 5.41) is 0. The van der Waals surface area contributed by atoms with Gasteiger partial charge in [-0.25, -0.2) is 0 Å². The molecular formula is C21H24O. The average Bonchev–Trinajstić information content (AvgIpc) is 2.53. The van der Waals surface area contributed by atoms with Crippen molar-refractivity contribution in [2.45, 2.75) is 40.0 Å². The Morgan fingerprint density at radius 1 is 1.00 bits per heavy atom. The van der Waals surface area contributed by atoms with Gasteiger partial charge in [-0.1, -0.05) is 51.0 Å². The molecule has 0 spiro atoms. The largest absolute Gasteiger partial charge is 0.457 e. The van der Waals surface area contributed by atoms with E-state index >= 15 is 0 Å². The van der Waals surface area contributed by atoms with Crippen LogP contribution in [0.15, 0.2) is 48.5 Å². The number of ether oxygens (including phenoxy) is 1. The van der Waals surface area contributed by atoms with Crippen molar-refractivity contribution in [1.29, 1.82) is 0 Å². The fraction of sp³-hybridized carbons (Fsp3) is 0.333. The molecule has 0 aliphatic rings. The minimum Gasteiger partial charge on any atom is -0.457 e. The molecule has 1 nitrogen and oxygen atoms in total. The molecule has 2 aromatic rings. The summed E-state index contributed by atoms with van der Waals surface area (Å²) < 4.78 is 5.89. The molecule has 0 aromatic heterocycles. The maximum atomic E-state index is 5.89. The highest BCUT2D eigenvalue weighted by Crippen LogP contribution is 2.30. The highest BCUT2D eigenvalue weighted by Gasteiger charge is 2.15. The van der Waals surface area contributed by atoms with Crippen molar-refractivity contribution in [3.05, 3.63) is 59.7 Å². The molecule has 2 rings (SSSR count). The SMILES string of the molecule is CCC#CC(C)C(C)c1ccc(Oc2ccccc2)cc1C. The zero-order valence-corrected chi connectivity index (χ0v) is 13.9. The van der Waals surface area contributed by atoms with Crippen LogP contribution in [0.5, 0.6) is 11.5 Å². The van der Waals surface area contributed by atoms with E-state index in [0.29, 0.717) is 11.8 Å². The molecule has 22 heavy (non-hydrogen) atoms. The first-order valence-electron chi connectivity index (χ1n) is 7.93. The third kappa shape index (κ3) is 4.15. The quantitative estimate of drug-likeness (QED) is 0.634. The van der Waals surface area contributed by atoms with Crippen LogP contribution in [0, 0.1) is 24.7 Å². The van der Waals surface area contributed by atoms with Gasteiger partial charge in [0.15, 0.2) is 0 Å². The Kier molecular flexibility index (Phi) is 5.67. The summed E-state index contributed by atoms with van der Waals surface area (Å²) in [5.74, 6) is 9.05. The molecule has 2 atom stereocenters. The van der Waals surface area contributed by atoms with E-state index in [-0.39, 0.29) is 0 Å². The van der Waals surface area contributed by atoms with Crippen LogP contribution in [-0.2, 0) is 0 Å². The lowest BCUT2D eigenvalue weighted by molar-refractivity contribution is 0.481. The highest BCUT2D eigenvalue weighted by atomic mass is 16.5. The van der Waals surface area contributed by atoms with E-state index in [1.807, 2.05) is 36.4 Å². The van der Waals surface area contributed by atoms with Crippen LogP contribution < -0.4 is 4.74 Å². The van der Waals surface area contributed by atoms with Gasteiger partial charge < -0.3 is 4.74 Å². The zero-order valence-electron chi connectivity index (χ0n) is 13.9. The van der Waals surface area contributed by atoms with Crippen molar-refractivity contribution < 1.29 is 4.74 Å². The second kappa shape index (κ2) is 7.71. The van der Waals surface area contributed by atoms with E-state index in [0.717, 1.165) is 17.9 Å². The molecular weight excluding hydrogens is 268 g/mol. The molecule has 0 saturated carbocycles. The molecule has 114 valence electrons. The zero-order chi connectivity index (χ0) is 15.9. The Morgan fingerprint density at radius 2 is 1.73 bits per heavy atom. The summed E-state index contributed by atoms with van der Waals surface area (Å²) in [6.45, 7) is 8.67. The van der Waals surface area contributed by atoms with Crippen LogP contribution in [0.4, 0.5) is 0 Å². The third-order valence-corrected chi connectivity index (χ3v) is 3.97. The number of aryl methyl sites for hydroxylation is 1. The van der Waals surface area contributed by atoms with E-state index in [9.17, 15) is 0 Å². The Morgan fingerprint density at radius 3 is 2.36 bits per heavy atom. The molecule has 0 saturated heterocycles. The molecule has 0 radical (unpaired) electrons. The Labute approximate surface area is 134 Å². The van der Waals surface area contributed by atoms with Crippen LogP contribution in [-0.4, -0.2) is 0 Å². The van der Waals surface area contributed by atoms with E-state index < -0.39 is 0 Å². The first kappa shape index (κ1) is 16.2. The lowest BCUT2D eigenvalue weighted by Gasteiger charge is -2.18. The van der Waals surface area contributed by atoms with Crippen molar-refractivity contribution in [1.82, 2.24) is 0 Å². The normalized spacial score (nSPS) is 12.9. The fourth-order valence-electron chi connectivity index (χ4n) is 2.50. The second-order valence-electron chi connectivity index (χ2n) is 5.69. The van der Waals surface area contributed by atoms with Gasteiger partial charge in [0.25, 0.3) is 0 Å². The highest BCUT2D eigenvalue weighted by molar-refractivity contribution is 5.40. The summed E-state index contributed by atoms with van der Waals surface area (Å²) >= 11 is 0. The minimum absolute atomic E-state index is 0.361. The van der Waals surface area contributed by atoms with Crippen LogP contribution in [0.3, 0.4) is 0 Å². The monoisotopic (exact) mass is 292 g/mol. The Balaban J connectivity index is 2.16. The van der Waals surface area contributed by atoms with E-state index in [1.165, 1.54) is 11.1 Å². The maximum Gasteiger partial charge on any atom is 0.127 e. The Hall–Kier alpha value is -2.20. The van der Waals surface area contributed by atoms with Crippen LogP contribution in [0.1, 0.15) is 44.2 Å². The van der Waals surface area contributed by atoms with Crippen molar-refractivity contribution in [3.8, 4) is 23.3 Å². The summed E-state index contributed by atoms with van der Waals surface area (Å²) in [5.41, 5.74) is 2.60. The maximum absolute atomic E-state index is 5.89. The molecule has 2 aromatic carbocycles. The number of hydrogen-bond acceptors (Lipinski definition) is 1. The topological polar surface area (TPSA) is 9.23 Å². The predicted molar refractivity (Wildman–Crippen MR) is 93.3 cm³/mol. The van der Waals surface area contributed by atoms with Crippen LogP contribution in [0.25, 0.3) is 0 Å². The first-order valence-corrected chi connectivity index (χ1v) is 7.93. The molecule has 0 fully saturated rings. The van der Waals surface area contributed by atoms with Gasteiger partial charge in [0.2, 0.25) is 0 Å². The smallest absolute Gasteiger partial charge is 0.127 e. The second-order valence-corrected chi connectivity index (χ2v) is 5.69. The lowest BCUT2D eigenvalue weighted by atomic mass is 9.86. The molecule has 2 unspecified atom stereocenters. The van der Waals surface area contributed by atoms with Crippen molar-refractivity contribution in [3.63, 3.8) is 0 Å². The van der Waals surface area contributed by atoms with Crippen molar-refractivity contribution in [2.24, 2.45) is 5.92 Å². The van der Waals surface area contributed by atoms with Gasteiger partial charge in [0.05, 0.1) is 0 Å². The molecule has 0 aliphatic heterocycles. The average molecular weight is 292 g/mol. The van der Waals surface area contributed by atoms with Gasteiger partial charge in [-0.15, -0.1) is 5.92 Å². The van der Waals surface area contributed by atoms with E-state index in [4.69, 9.17) is 4.74 Å². The number of para-hydroxylation sites is 1.